The number of hydrogen-bond acceptors (Lipinski definition) is 11. The van der Waals surface area contributed by atoms with Crippen LogP contribution in [0.1, 0.15) is 68.8 Å². The van der Waals surface area contributed by atoms with Crippen molar-refractivity contribution in [1.82, 2.24) is 20.1 Å². The van der Waals surface area contributed by atoms with E-state index in [9.17, 15) is 14.7 Å². The molecule has 3 N–H and O–H groups in total. The van der Waals surface area contributed by atoms with E-state index in [-0.39, 0.29) is 24.5 Å². The van der Waals surface area contributed by atoms with E-state index in [1.807, 2.05) is 19.2 Å². The summed E-state index contributed by atoms with van der Waals surface area (Å²) in [5.74, 6) is -0.319. The molecule has 1 spiro atoms. The van der Waals surface area contributed by atoms with Crippen LogP contribution in [-0.2, 0) is 41.1 Å². The number of hydrogen-bond donors (Lipinski definition) is 3. The van der Waals surface area contributed by atoms with E-state index in [0.29, 0.717) is 37.1 Å². The van der Waals surface area contributed by atoms with Gasteiger partial charge in [-0.15, -0.1) is 0 Å². The van der Waals surface area contributed by atoms with Crippen molar-refractivity contribution >= 4 is 34.6 Å². The van der Waals surface area contributed by atoms with Crippen LogP contribution in [-0.4, -0.2) is 129 Å². The number of anilines is 1. The highest BCUT2D eigenvalue weighted by Gasteiger charge is 2.78. The third-order valence-corrected chi connectivity index (χ3v) is 15.4. The second-order valence-electron chi connectivity index (χ2n) is 18.0. The minimum atomic E-state index is -1.80. The number of methoxy groups -OCH3 is 3. The molecule has 9 atom stereocenters. The topological polar surface area (TPSA) is 146 Å². The van der Waals surface area contributed by atoms with E-state index in [2.05, 4.69) is 81.3 Å². The fraction of sp³-hybridized carbons (Fsp3) is 0.553. The van der Waals surface area contributed by atoms with Crippen molar-refractivity contribution in [2.45, 2.75) is 87.5 Å². The maximum atomic E-state index is 15.3. The molecule has 3 aromatic rings. The Labute approximate surface area is 352 Å². The van der Waals surface area contributed by atoms with Gasteiger partial charge in [-0.2, -0.15) is 0 Å². The van der Waals surface area contributed by atoms with Gasteiger partial charge in [-0.25, -0.2) is 4.79 Å². The first kappa shape index (κ1) is 40.6. The van der Waals surface area contributed by atoms with E-state index in [1.165, 1.54) is 26.7 Å². The highest BCUT2D eigenvalue weighted by Crippen LogP contribution is 2.68. The number of fused-ring (bicyclic) bond motifs is 6. The van der Waals surface area contributed by atoms with Crippen molar-refractivity contribution < 1.29 is 38.4 Å². The Morgan fingerprint density at radius 3 is 2.55 bits per heavy atom. The molecule has 13 nitrogen and oxygen atoms in total. The van der Waals surface area contributed by atoms with E-state index in [0.717, 1.165) is 72.4 Å². The maximum absolute atomic E-state index is 15.3. The fourth-order valence-electron chi connectivity index (χ4n) is 13.3. The van der Waals surface area contributed by atoms with Crippen LogP contribution in [0.3, 0.4) is 0 Å². The number of ether oxygens (including phenoxy) is 4. The highest BCUT2D eigenvalue weighted by molar-refractivity contribution is 5.94. The summed E-state index contributed by atoms with van der Waals surface area (Å²) in [6.45, 7) is 9.41. The average molecular weight is 822 g/mol. The molecule has 0 radical (unpaired) electrons. The first-order valence-electron chi connectivity index (χ1n) is 21.6. The zero-order chi connectivity index (χ0) is 42.4. The molecule has 320 valence electrons. The molecule has 1 saturated carbocycles. The molecule has 60 heavy (non-hydrogen) atoms. The minimum Gasteiger partial charge on any atom is -0.496 e. The normalized spacial score (nSPS) is 33.9. The van der Waals surface area contributed by atoms with Crippen LogP contribution in [0.4, 0.5) is 10.5 Å². The monoisotopic (exact) mass is 821 g/mol. The molecule has 6 heterocycles. The number of carbonyl (C=O) groups excluding carboxylic acids is 3. The van der Waals surface area contributed by atoms with Crippen LogP contribution in [0.15, 0.2) is 60.2 Å². The number of aromatic nitrogens is 1. The number of para-hydroxylation sites is 1. The van der Waals surface area contributed by atoms with E-state index in [4.69, 9.17) is 18.9 Å². The summed E-state index contributed by atoms with van der Waals surface area (Å²) >= 11 is 0. The molecule has 2 bridgehead atoms. The number of alkyl carbamates (subject to hydrolysis) is 1. The summed E-state index contributed by atoms with van der Waals surface area (Å²) in [5.41, 5.74) is 2.05. The molecule has 9 rings (SSSR count). The third-order valence-electron chi connectivity index (χ3n) is 15.4. The van der Waals surface area contributed by atoms with Crippen molar-refractivity contribution in [2.24, 2.45) is 11.3 Å². The number of nitrogens with one attached hydrogen (secondary N) is 2. The van der Waals surface area contributed by atoms with Gasteiger partial charge >= 0.3 is 18.0 Å². The van der Waals surface area contributed by atoms with Gasteiger partial charge in [-0.1, -0.05) is 55.8 Å². The lowest BCUT2D eigenvalue weighted by Gasteiger charge is -2.64. The number of aromatic amines is 1. The van der Waals surface area contributed by atoms with Crippen LogP contribution in [0, 0.1) is 11.3 Å². The largest absolute Gasteiger partial charge is 0.496 e. The molecule has 1 saturated heterocycles. The number of amides is 1. The van der Waals surface area contributed by atoms with Gasteiger partial charge < -0.3 is 39.3 Å². The van der Waals surface area contributed by atoms with Crippen LogP contribution in [0.5, 0.6) is 5.75 Å². The number of H-pyrrole nitrogens is 1. The molecule has 1 aliphatic carbocycles. The van der Waals surface area contributed by atoms with Crippen molar-refractivity contribution in [3.8, 4) is 5.75 Å². The number of carbonyl (C=O) groups is 3. The first-order chi connectivity index (χ1) is 28.9. The molecule has 13 heteroatoms. The summed E-state index contributed by atoms with van der Waals surface area (Å²) in [5, 5.41) is 17.5. The zero-order valence-corrected chi connectivity index (χ0v) is 35.9. The second kappa shape index (κ2) is 14.7. The Hall–Kier alpha value is -4.85. The minimum absolute atomic E-state index is 0.0311. The van der Waals surface area contributed by atoms with Crippen LogP contribution >= 0.6 is 0 Å². The summed E-state index contributed by atoms with van der Waals surface area (Å²) in [6.07, 6.45) is 8.26. The lowest BCUT2D eigenvalue weighted by atomic mass is 9.47. The smallest absolute Gasteiger partial charge is 0.406 e. The predicted molar refractivity (Wildman–Crippen MR) is 227 cm³/mol. The molecular weight excluding hydrogens is 763 g/mol. The van der Waals surface area contributed by atoms with Crippen molar-refractivity contribution in [3.05, 3.63) is 82.6 Å². The number of aliphatic hydroxyl groups is 1. The van der Waals surface area contributed by atoms with Gasteiger partial charge in [0.15, 0.2) is 0 Å². The average Bonchev–Trinajstić information content (AvgIpc) is 3.92. The summed E-state index contributed by atoms with van der Waals surface area (Å²) in [7, 11) is 6.38. The van der Waals surface area contributed by atoms with Gasteiger partial charge in [-0.05, 0) is 67.8 Å². The molecule has 1 aromatic heterocycles. The maximum Gasteiger partial charge on any atom is 0.406 e. The molecule has 2 aromatic carbocycles. The molecule has 6 aliphatic rings. The van der Waals surface area contributed by atoms with Gasteiger partial charge in [0.1, 0.15) is 22.9 Å². The molecule has 2 unspecified atom stereocenters. The van der Waals surface area contributed by atoms with Crippen molar-refractivity contribution in [3.63, 3.8) is 0 Å². The van der Waals surface area contributed by atoms with Crippen LogP contribution in [0.2, 0.25) is 0 Å². The van der Waals surface area contributed by atoms with Gasteiger partial charge in [0.25, 0.3) is 0 Å². The van der Waals surface area contributed by atoms with Gasteiger partial charge in [0, 0.05) is 90.9 Å². The third kappa shape index (κ3) is 5.50. The molecular formula is C47H59N5O8. The van der Waals surface area contributed by atoms with Gasteiger partial charge in [0.05, 0.1) is 33.9 Å². The van der Waals surface area contributed by atoms with Gasteiger partial charge in [0.2, 0.25) is 0 Å². The quantitative estimate of drug-likeness (QED) is 0.161. The number of benzene rings is 2. The summed E-state index contributed by atoms with van der Waals surface area (Å²) in [6, 6.07) is 11.6. The van der Waals surface area contributed by atoms with Crippen LogP contribution < -0.4 is 15.0 Å². The molecule has 1 amide bonds. The fourth-order valence-corrected chi connectivity index (χ4v) is 13.3. The summed E-state index contributed by atoms with van der Waals surface area (Å²) < 4.78 is 23.8. The van der Waals surface area contributed by atoms with E-state index in [1.54, 1.807) is 7.11 Å². The van der Waals surface area contributed by atoms with Crippen LogP contribution in [0.25, 0.3) is 10.9 Å². The Bertz CT molecular complexity index is 2300. The van der Waals surface area contributed by atoms with Crippen molar-refractivity contribution in [2.75, 3.05) is 72.5 Å². The molecule has 5 aliphatic heterocycles. The summed E-state index contributed by atoms with van der Waals surface area (Å²) in [4.78, 5) is 52.2. The highest BCUT2D eigenvalue weighted by atomic mass is 16.6. The predicted octanol–water partition coefficient (Wildman–Crippen LogP) is 4.98. The standard InChI is InChI=1S/C47H59N5O8/c1-8-29-21-30-24-46(42(54)58-6,38-32(15-19-51(25-29)26-30)31-13-10-11-14-35(31)49-38)34-22-33-36(23-37(34)57-5)50(4)40-45(33)17-20-52-18-12-16-44(9-2,39(45)52)41(60-28(3)53)47(40,56)27-48-43(55)59-7/h10-14,16,21-23,30,39-41,49,56H,8-9,15,17-20,24-27H2,1-7H3,(H,48,55)/t30-,39-,40+,41+,44+,45?,46-,47-/m0/s1. The molecule has 2 fully saturated rings. The Balaban J connectivity index is 1.35. The van der Waals surface area contributed by atoms with E-state index < -0.39 is 46.1 Å². The number of esters is 2. The Kier molecular flexibility index (Phi) is 9.91. The van der Waals surface area contributed by atoms with Gasteiger partial charge in [-0.3, -0.25) is 19.4 Å². The number of nitrogens with zero attached hydrogens (tertiary/aromatic N) is 3. The number of likely N-dealkylation sites (N-methyl/N-ethyl adjacent to an activating group) is 1. The lowest BCUT2D eigenvalue weighted by Crippen LogP contribution is -2.81. The Morgan fingerprint density at radius 2 is 1.83 bits per heavy atom. The van der Waals surface area contributed by atoms with E-state index >= 15 is 4.79 Å². The lowest BCUT2D eigenvalue weighted by molar-refractivity contribution is -0.217. The van der Waals surface area contributed by atoms with Crippen molar-refractivity contribution in [1.29, 1.82) is 0 Å². The zero-order valence-electron chi connectivity index (χ0n) is 35.9. The Morgan fingerprint density at radius 1 is 1.03 bits per heavy atom. The second-order valence-corrected chi connectivity index (χ2v) is 18.0. The first-order valence-corrected chi connectivity index (χ1v) is 21.6. The number of rotatable bonds is 8. The SMILES string of the molecule is CCC1=C[C@@H]2CN(CCc3c([nH]c4ccccc34)[C@@](C(=O)OC)(c3cc4c(cc3OC)N(C)[C@@H]3C45CCN4CC=C[C@](CC)([C@H]45)[C@@H](OC(C)=O)[C@]3(O)CNC(=O)OC)C2)C1.